The van der Waals surface area contributed by atoms with Crippen molar-refractivity contribution < 1.29 is 9.59 Å². The van der Waals surface area contributed by atoms with Crippen LogP contribution in [-0.2, 0) is 9.59 Å². The zero-order valence-electron chi connectivity index (χ0n) is 15.0. The first-order valence-corrected chi connectivity index (χ1v) is 9.09. The number of carbonyl (C=O) groups excluding carboxylic acids is 2. The Bertz CT molecular complexity index is 535. The summed E-state index contributed by atoms with van der Waals surface area (Å²) < 4.78 is 0. The van der Waals surface area contributed by atoms with Gasteiger partial charge in [-0.15, -0.1) is 0 Å². The van der Waals surface area contributed by atoms with E-state index in [1.54, 1.807) is 0 Å². The van der Waals surface area contributed by atoms with E-state index < -0.39 is 0 Å². The normalized spacial score (nSPS) is 54.5. The van der Waals surface area contributed by atoms with Crippen molar-refractivity contribution in [1.82, 2.24) is 0 Å². The number of hydrogen-bond donors (Lipinski definition) is 0. The van der Waals surface area contributed by atoms with E-state index >= 15 is 0 Å². The second kappa shape index (κ2) is 3.70. The second-order valence-electron chi connectivity index (χ2n) is 10.2. The lowest BCUT2D eigenvalue weighted by Gasteiger charge is -2.34. The van der Waals surface area contributed by atoms with Gasteiger partial charge in [0.25, 0.3) is 0 Å². The summed E-state index contributed by atoms with van der Waals surface area (Å²) >= 11 is 0. The average Bonchev–Trinajstić information content (AvgIpc) is 2.90. The van der Waals surface area contributed by atoms with Crippen molar-refractivity contribution in [2.45, 2.75) is 67.2 Å². The van der Waals surface area contributed by atoms with E-state index in [4.69, 9.17) is 0 Å². The largest absolute Gasteiger partial charge is 0.299 e. The standard InChI is InChI=1S/C20H30O2/c1-17(2)11-7-9-19(17,5)15(21)13(11)14-12-8-10-20(6,16(14)22)18(12,3)4/h11-14H,7-10H2,1-6H3/t11-,12-,13-,14-,19-,20+/m0/s1. The monoisotopic (exact) mass is 302 g/mol. The van der Waals surface area contributed by atoms with Crippen LogP contribution < -0.4 is 0 Å². The first-order chi connectivity index (χ1) is 10.00. The van der Waals surface area contributed by atoms with Gasteiger partial charge in [0.05, 0.1) is 0 Å². The summed E-state index contributed by atoms with van der Waals surface area (Å²) in [5, 5.41) is 0. The molecule has 0 aromatic heterocycles. The zero-order valence-corrected chi connectivity index (χ0v) is 15.0. The Morgan fingerprint density at radius 3 is 1.23 bits per heavy atom. The lowest BCUT2D eigenvalue weighted by Crippen LogP contribution is -2.41. The van der Waals surface area contributed by atoms with Crippen molar-refractivity contribution in [3.63, 3.8) is 0 Å². The summed E-state index contributed by atoms with van der Waals surface area (Å²) in [5.41, 5.74) is -0.283. The molecule has 2 heteroatoms. The Balaban J connectivity index is 1.80. The molecule has 0 aromatic rings. The van der Waals surface area contributed by atoms with Crippen LogP contribution in [0.1, 0.15) is 67.2 Å². The molecule has 4 aliphatic carbocycles. The fourth-order valence-corrected chi connectivity index (χ4v) is 7.14. The highest BCUT2D eigenvalue weighted by molar-refractivity contribution is 6.00. The molecule has 4 bridgehead atoms. The molecule has 0 N–H and O–H groups in total. The Morgan fingerprint density at radius 1 is 0.682 bits per heavy atom. The summed E-state index contributed by atoms with van der Waals surface area (Å²) in [5.74, 6) is 1.67. The van der Waals surface area contributed by atoms with Gasteiger partial charge in [-0.05, 0) is 48.3 Å². The van der Waals surface area contributed by atoms with Crippen molar-refractivity contribution >= 4 is 11.6 Å². The van der Waals surface area contributed by atoms with Gasteiger partial charge in [-0.3, -0.25) is 9.59 Å². The van der Waals surface area contributed by atoms with Crippen LogP contribution in [0, 0.1) is 45.3 Å². The summed E-state index contributed by atoms with van der Waals surface area (Å²) in [6.07, 6.45) is 4.31. The molecule has 0 unspecified atom stereocenters. The highest BCUT2D eigenvalue weighted by Gasteiger charge is 2.74. The SMILES string of the molecule is CC1(C)[C@H]2CC[C@@]1(C)C(=O)[C@@H]2[C@H]1C(=O)[C@@]2(C)CC[C@@H]1C2(C)C. The molecule has 2 nitrogen and oxygen atoms in total. The number of Topliss-reactive ketones (excluding diaryl/α,β-unsaturated/α-hetero) is 2. The molecule has 0 aromatic carbocycles. The summed E-state index contributed by atoms with van der Waals surface area (Å²) in [6.45, 7) is 13.4. The third-order valence-corrected chi connectivity index (χ3v) is 9.56. The summed E-state index contributed by atoms with van der Waals surface area (Å²) in [7, 11) is 0. The third kappa shape index (κ3) is 1.21. The maximum absolute atomic E-state index is 13.3. The van der Waals surface area contributed by atoms with Gasteiger partial charge in [-0.25, -0.2) is 0 Å². The van der Waals surface area contributed by atoms with Crippen molar-refractivity contribution in [3.05, 3.63) is 0 Å². The minimum atomic E-state index is -0.199. The number of hydrogen-bond acceptors (Lipinski definition) is 2. The van der Waals surface area contributed by atoms with E-state index in [0.29, 0.717) is 23.4 Å². The molecular formula is C20H30O2. The molecule has 0 spiro atoms. The number of rotatable bonds is 1. The van der Waals surface area contributed by atoms with Crippen molar-refractivity contribution in [3.8, 4) is 0 Å². The maximum Gasteiger partial charge on any atom is 0.143 e. The minimum Gasteiger partial charge on any atom is -0.299 e. The van der Waals surface area contributed by atoms with Crippen LogP contribution >= 0.6 is 0 Å². The Kier molecular flexibility index (Phi) is 2.51. The Morgan fingerprint density at radius 2 is 1.00 bits per heavy atom. The van der Waals surface area contributed by atoms with E-state index in [9.17, 15) is 9.59 Å². The summed E-state index contributed by atoms with van der Waals surface area (Å²) in [6, 6.07) is 0. The molecule has 0 heterocycles. The quantitative estimate of drug-likeness (QED) is 0.725. The molecule has 0 saturated heterocycles. The van der Waals surface area contributed by atoms with Gasteiger partial charge in [-0.2, -0.15) is 0 Å². The molecule has 0 aliphatic heterocycles. The van der Waals surface area contributed by atoms with Crippen LogP contribution in [-0.4, -0.2) is 11.6 Å². The molecule has 22 heavy (non-hydrogen) atoms. The van der Waals surface area contributed by atoms with Crippen LogP contribution in [0.2, 0.25) is 0 Å². The average molecular weight is 302 g/mol. The molecule has 4 saturated carbocycles. The number of carbonyl (C=O) groups is 2. The first-order valence-electron chi connectivity index (χ1n) is 9.09. The van der Waals surface area contributed by atoms with E-state index in [1.165, 1.54) is 0 Å². The van der Waals surface area contributed by atoms with E-state index in [-0.39, 0.29) is 33.5 Å². The molecule has 4 rings (SSSR count). The third-order valence-electron chi connectivity index (χ3n) is 9.56. The molecule has 4 aliphatic rings. The first kappa shape index (κ1) is 14.9. The van der Waals surface area contributed by atoms with Crippen LogP contribution in [0.25, 0.3) is 0 Å². The second-order valence-corrected chi connectivity index (χ2v) is 10.2. The van der Waals surface area contributed by atoms with E-state index in [1.807, 2.05) is 0 Å². The lowest BCUT2D eigenvalue weighted by molar-refractivity contribution is -0.141. The fraction of sp³-hybridized carbons (Fsp3) is 0.900. The summed E-state index contributed by atoms with van der Waals surface area (Å²) in [4.78, 5) is 26.6. The molecule has 4 fully saturated rings. The molecule has 6 atom stereocenters. The fourth-order valence-electron chi connectivity index (χ4n) is 7.14. The van der Waals surface area contributed by atoms with Crippen molar-refractivity contribution in [2.75, 3.05) is 0 Å². The van der Waals surface area contributed by atoms with E-state index in [0.717, 1.165) is 25.7 Å². The Labute approximate surface area is 134 Å². The van der Waals surface area contributed by atoms with Crippen LogP contribution in [0.15, 0.2) is 0 Å². The van der Waals surface area contributed by atoms with Crippen LogP contribution in [0.5, 0.6) is 0 Å². The van der Waals surface area contributed by atoms with Gasteiger partial charge in [0.1, 0.15) is 11.6 Å². The molecule has 0 amide bonds. The zero-order chi connectivity index (χ0) is 16.3. The van der Waals surface area contributed by atoms with Gasteiger partial charge in [0.2, 0.25) is 0 Å². The van der Waals surface area contributed by atoms with Gasteiger partial charge >= 0.3 is 0 Å². The highest BCUT2D eigenvalue weighted by Crippen LogP contribution is 2.73. The molecule has 0 radical (unpaired) electrons. The van der Waals surface area contributed by atoms with E-state index in [2.05, 4.69) is 41.5 Å². The molecule has 122 valence electrons. The number of fused-ring (bicyclic) bond motifs is 4. The topological polar surface area (TPSA) is 34.1 Å². The minimum absolute atomic E-state index is 0.00708. The lowest BCUT2D eigenvalue weighted by atomic mass is 9.67. The van der Waals surface area contributed by atoms with Gasteiger partial charge in [0.15, 0.2) is 0 Å². The smallest absolute Gasteiger partial charge is 0.143 e. The molecular weight excluding hydrogens is 272 g/mol. The predicted octanol–water partition coefficient (Wildman–Crippen LogP) is 4.27. The van der Waals surface area contributed by atoms with Gasteiger partial charge < -0.3 is 0 Å². The van der Waals surface area contributed by atoms with Crippen LogP contribution in [0.4, 0.5) is 0 Å². The Hall–Kier alpha value is -0.660. The maximum atomic E-state index is 13.3. The van der Waals surface area contributed by atoms with Crippen molar-refractivity contribution in [2.24, 2.45) is 45.3 Å². The number of ketones is 2. The highest BCUT2D eigenvalue weighted by atomic mass is 16.1. The van der Waals surface area contributed by atoms with Gasteiger partial charge in [-0.1, -0.05) is 41.5 Å². The van der Waals surface area contributed by atoms with Gasteiger partial charge in [0, 0.05) is 22.7 Å². The van der Waals surface area contributed by atoms with Crippen molar-refractivity contribution in [1.29, 1.82) is 0 Å². The predicted molar refractivity (Wildman–Crippen MR) is 86.2 cm³/mol. The van der Waals surface area contributed by atoms with Crippen LogP contribution in [0.3, 0.4) is 0 Å².